The molecular weight excluding hydrogens is 246 g/mol. The molecule has 0 amide bonds. The van der Waals surface area contributed by atoms with Gasteiger partial charge in [-0.1, -0.05) is 40.9 Å². The lowest BCUT2D eigenvalue weighted by Gasteiger charge is -2.10. The smallest absolute Gasteiger partial charge is 0.151 e. The number of nitriles is 1. The second-order valence-electron chi connectivity index (χ2n) is 4.26. The van der Waals surface area contributed by atoms with E-state index in [1.165, 1.54) is 0 Å². The Labute approximate surface area is 111 Å². The van der Waals surface area contributed by atoms with Gasteiger partial charge < -0.3 is 0 Å². The third kappa shape index (κ3) is 2.66. The van der Waals surface area contributed by atoms with Crippen molar-refractivity contribution in [3.05, 3.63) is 57.9 Å². The largest absolute Gasteiger partial charge is 0.197 e. The average molecular weight is 258 g/mol. The Bertz CT molecular complexity index is 579. The van der Waals surface area contributed by atoms with Crippen LogP contribution in [0.2, 0.25) is 5.15 Å². The van der Waals surface area contributed by atoms with Crippen molar-refractivity contribution in [1.29, 1.82) is 5.26 Å². The Hall–Kier alpha value is -1.92. The van der Waals surface area contributed by atoms with Gasteiger partial charge in [0, 0.05) is 0 Å². The van der Waals surface area contributed by atoms with E-state index in [4.69, 9.17) is 11.6 Å². The highest BCUT2D eigenvalue weighted by atomic mass is 35.5. The molecule has 18 heavy (non-hydrogen) atoms. The Balaban J connectivity index is 2.45. The molecule has 3 nitrogen and oxygen atoms in total. The van der Waals surface area contributed by atoms with E-state index in [1.54, 1.807) is 12.1 Å². The standard InChI is InChI=1S/C14H12ClN3/c1-9-5-10(2)7-11(6-9)12(8-16)13-3-4-14(15)18-17-13/h3-7,12H,1-2H3. The highest BCUT2D eigenvalue weighted by Crippen LogP contribution is 2.24. The molecule has 0 aliphatic rings. The zero-order chi connectivity index (χ0) is 13.1. The number of hydrogen-bond acceptors (Lipinski definition) is 3. The number of halogens is 1. The first-order chi connectivity index (χ1) is 8.60. The molecule has 1 unspecified atom stereocenters. The van der Waals surface area contributed by atoms with Gasteiger partial charge in [0.15, 0.2) is 5.15 Å². The van der Waals surface area contributed by atoms with Crippen LogP contribution in [0.4, 0.5) is 0 Å². The van der Waals surface area contributed by atoms with Gasteiger partial charge in [0.25, 0.3) is 0 Å². The number of nitrogens with zero attached hydrogens (tertiary/aromatic N) is 3. The van der Waals surface area contributed by atoms with Crippen LogP contribution in [-0.2, 0) is 0 Å². The zero-order valence-corrected chi connectivity index (χ0v) is 10.9. The summed E-state index contributed by atoms with van der Waals surface area (Å²) in [4.78, 5) is 0. The Morgan fingerprint density at radius 3 is 2.28 bits per heavy atom. The Morgan fingerprint density at radius 1 is 1.11 bits per heavy atom. The van der Waals surface area contributed by atoms with Crippen molar-refractivity contribution in [2.45, 2.75) is 19.8 Å². The van der Waals surface area contributed by atoms with Crippen LogP contribution in [0.1, 0.15) is 28.3 Å². The quantitative estimate of drug-likeness (QED) is 0.828. The summed E-state index contributed by atoms with van der Waals surface area (Å²) in [6, 6.07) is 11.7. The molecule has 0 N–H and O–H groups in total. The van der Waals surface area contributed by atoms with Crippen molar-refractivity contribution in [2.24, 2.45) is 0 Å². The molecule has 90 valence electrons. The van der Waals surface area contributed by atoms with Gasteiger partial charge in [-0.25, -0.2) is 0 Å². The van der Waals surface area contributed by atoms with E-state index in [2.05, 4.69) is 22.3 Å². The SMILES string of the molecule is Cc1cc(C)cc(C(C#N)c2ccc(Cl)nn2)c1. The molecule has 1 aromatic carbocycles. The molecule has 0 saturated heterocycles. The van der Waals surface area contributed by atoms with Crippen LogP contribution in [0.25, 0.3) is 0 Å². The molecule has 1 aromatic heterocycles. The minimum Gasteiger partial charge on any atom is -0.197 e. The maximum Gasteiger partial charge on any atom is 0.151 e. The first-order valence-electron chi connectivity index (χ1n) is 5.57. The summed E-state index contributed by atoms with van der Waals surface area (Å²) in [6.07, 6.45) is 0. The highest BCUT2D eigenvalue weighted by molar-refractivity contribution is 6.29. The third-order valence-electron chi connectivity index (χ3n) is 2.65. The fourth-order valence-electron chi connectivity index (χ4n) is 1.97. The maximum absolute atomic E-state index is 9.33. The second-order valence-corrected chi connectivity index (χ2v) is 4.65. The molecule has 0 spiro atoms. The Morgan fingerprint density at radius 2 is 1.78 bits per heavy atom. The van der Waals surface area contributed by atoms with Gasteiger partial charge in [-0.05, 0) is 31.5 Å². The average Bonchev–Trinajstić information content (AvgIpc) is 2.31. The van der Waals surface area contributed by atoms with E-state index in [-0.39, 0.29) is 0 Å². The minimum absolute atomic E-state index is 0.330. The summed E-state index contributed by atoms with van der Waals surface area (Å²) in [5.41, 5.74) is 3.82. The fraction of sp³-hybridized carbons (Fsp3) is 0.214. The predicted molar refractivity (Wildman–Crippen MR) is 70.4 cm³/mol. The fourth-order valence-corrected chi connectivity index (χ4v) is 2.07. The van der Waals surface area contributed by atoms with Gasteiger partial charge >= 0.3 is 0 Å². The van der Waals surface area contributed by atoms with E-state index in [0.717, 1.165) is 16.7 Å². The minimum atomic E-state index is -0.409. The van der Waals surface area contributed by atoms with Crippen LogP contribution in [0, 0.1) is 25.2 Å². The lowest BCUT2D eigenvalue weighted by atomic mass is 9.94. The number of benzene rings is 1. The molecular formula is C14H12ClN3. The molecule has 0 bridgehead atoms. The van der Waals surface area contributed by atoms with Crippen molar-refractivity contribution in [3.63, 3.8) is 0 Å². The first kappa shape index (κ1) is 12.5. The van der Waals surface area contributed by atoms with E-state index in [0.29, 0.717) is 10.8 Å². The van der Waals surface area contributed by atoms with E-state index < -0.39 is 5.92 Å². The van der Waals surface area contributed by atoms with Gasteiger partial charge in [0.05, 0.1) is 11.8 Å². The molecule has 0 saturated carbocycles. The van der Waals surface area contributed by atoms with Crippen molar-refractivity contribution in [2.75, 3.05) is 0 Å². The molecule has 1 heterocycles. The molecule has 0 aliphatic carbocycles. The van der Waals surface area contributed by atoms with Gasteiger partial charge in [0.2, 0.25) is 0 Å². The van der Waals surface area contributed by atoms with Gasteiger partial charge in [-0.3, -0.25) is 0 Å². The van der Waals surface area contributed by atoms with Crippen LogP contribution in [0.15, 0.2) is 30.3 Å². The summed E-state index contributed by atoms with van der Waals surface area (Å²) in [5.74, 6) is -0.409. The van der Waals surface area contributed by atoms with Crippen molar-refractivity contribution in [1.82, 2.24) is 10.2 Å². The lowest BCUT2D eigenvalue weighted by Crippen LogP contribution is -2.03. The summed E-state index contributed by atoms with van der Waals surface area (Å²) in [7, 11) is 0. The maximum atomic E-state index is 9.33. The molecule has 0 aliphatic heterocycles. The van der Waals surface area contributed by atoms with Crippen LogP contribution < -0.4 is 0 Å². The normalized spacial score (nSPS) is 11.9. The molecule has 2 aromatic rings. The van der Waals surface area contributed by atoms with Gasteiger partial charge in [-0.2, -0.15) is 10.4 Å². The Kier molecular flexibility index (Phi) is 3.59. The monoisotopic (exact) mass is 257 g/mol. The van der Waals surface area contributed by atoms with Crippen molar-refractivity contribution >= 4 is 11.6 Å². The zero-order valence-electron chi connectivity index (χ0n) is 10.2. The predicted octanol–water partition coefficient (Wildman–Crippen LogP) is 3.40. The van der Waals surface area contributed by atoms with Crippen molar-refractivity contribution in [3.8, 4) is 6.07 Å². The van der Waals surface area contributed by atoms with Crippen LogP contribution in [0.5, 0.6) is 0 Å². The number of rotatable bonds is 2. The lowest BCUT2D eigenvalue weighted by molar-refractivity contribution is 0.883. The first-order valence-corrected chi connectivity index (χ1v) is 5.95. The van der Waals surface area contributed by atoms with E-state index >= 15 is 0 Å². The number of aromatic nitrogens is 2. The van der Waals surface area contributed by atoms with Gasteiger partial charge in [0.1, 0.15) is 5.92 Å². The molecule has 4 heteroatoms. The second kappa shape index (κ2) is 5.16. The van der Waals surface area contributed by atoms with Gasteiger partial charge in [-0.15, -0.1) is 5.10 Å². The molecule has 1 atom stereocenters. The highest BCUT2D eigenvalue weighted by Gasteiger charge is 2.16. The van der Waals surface area contributed by atoms with Crippen LogP contribution in [0.3, 0.4) is 0 Å². The van der Waals surface area contributed by atoms with Crippen LogP contribution >= 0.6 is 11.6 Å². The summed E-state index contributed by atoms with van der Waals surface area (Å²) < 4.78 is 0. The number of hydrogen-bond donors (Lipinski definition) is 0. The summed E-state index contributed by atoms with van der Waals surface area (Å²) >= 11 is 5.70. The summed E-state index contributed by atoms with van der Waals surface area (Å²) in [5, 5.41) is 17.4. The van der Waals surface area contributed by atoms with Crippen LogP contribution in [-0.4, -0.2) is 10.2 Å². The molecule has 0 fully saturated rings. The van der Waals surface area contributed by atoms with Crippen molar-refractivity contribution < 1.29 is 0 Å². The molecule has 0 radical (unpaired) electrons. The third-order valence-corrected chi connectivity index (χ3v) is 2.86. The number of aryl methyl sites for hydroxylation is 2. The van der Waals surface area contributed by atoms with E-state index in [1.807, 2.05) is 26.0 Å². The van der Waals surface area contributed by atoms with E-state index in [9.17, 15) is 5.26 Å². The summed E-state index contributed by atoms with van der Waals surface area (Å²) in [6.45, 7) is 4.02. The topological polar surface area (TPSA) is 49.6 Å². The molecule has 2 rings (SSSR count).